The standard InChI is InChI=1S/C20H16O4/c1-14-7-9-17-16(12-20(22)24-18(17)11-14)13-23-19(21)10-8-15-5-3-2-4-6-15/h2-12H,13H2,1H3/b10-8+. The third-order valence-corrected chi connectivity index (χ3v) is 3.57. The summed E-state index contributed by atoms with van der Waals surface area (Å²) in [5.74, 6) is -0.465. The van der Waals surface area contributed by atoms with E-state index in [0.29, 0.717) is 11.1 Å². The maximum atomic E-state index is 11.9. The summed E-state index contributed by atoms with van der Waals surface area (Å²) in [6.45, 7) is 1.93. The van der Waals surface area contributed by atoms with Crippen molar-refractivity contribution in [2.24, 2.45) is 0 Å². The van der Waals surface area contributed by atoms with E-state index in [1.807, 2.05) is 49.4 Å². The van der Waals surface area contributed by atoms with Crippen LogP contribution in [0.1, 0.15) is 16.7 Å². The van der Waals surface area contributed by atoms with Gasteiger partial charge in [-0.1, -0.05) is 42.5 Å². The molecule has 0 atom stereocenters. The third-order valence-electron chi connectivity index (χ3n) is 3.57. The number of ether oxygens (including phenoxy) is 1. The van der Waals surface area contributed by atoms with Gasteiger partial charge in [0, 0.05) is 23.1 Å². The van der Waals surface area contributed by atoms with E-state index in [1.54, 1.807) is 12.1 Å². The van der Waals surface area contributed by atoms with Gasteiger partial charge in [0.15, 0.2) is 0 Å². The van der Waals surface area contributed by atoms with Gasteiger partial charge in [0.1, 0.15) is 12.2 Å². The Balaban J connectivity index is 1.75. The lowest BCUT2D eigenvalue weighted by molar-refractivity contribution is -0.138. The zero-order valence-corrected chi connectivity index (χ0v) is 13.2. The molecular formula is C20H16O4. The molecule has 3 aromatic rings. The van der Waals surface area contributed by atoms with Crippen molar-refractivity contribution in [2.45, 2.75) is 13.5 Å². The largest absolute Gasteiger partial charge is 0.458 e. The van der Waals surface area contributed by atoms with Gasteiger partial charge >= 0.3 is 11.6 Å². The molecule has 1 heterocycles. The second-order valence-corrected chi connectivity index (χ2v) is 5.44. The molecule has 24 heavy (non-hydrogen) atoms. The van der Waals surface area contributed by atoms with Crippen LogP contribution in [0, 0.1) is 6.92 Å². The Morgan fingerprint density at radius 3 is 2.71 bits per heavy atom. The fourth-order valence-electron chi connectivity index (χ4n) is 2.38. The van der Waals surface area contributed by atoms with E-state index in [4.69, 9.17) is 9.15 Å². The molecule has 0 fully saturated rings. The number of carbonyl (C=O) groups is 1. The zero-order chi connectivity index (χ0) is 16.9. The number of rotatable bonds is 4. The molecule has 4 heteroatoms. The van der Waals surface area contributed by atoms with Crippen molar-refractivity contribution in [3.8, 4) is 0 Å². The van der Waals surface area contributed by atoms with Gasteiger partial charge in [-0.15, -0.1) is 0 Å². The Morgan fingerprint density at radius 1 is 1.12 bits per heavy atom. The van der Waals surface area contributed by atoms with Crippen LogP contribution in [0.2, 0.25) is 0 Å². The fraction of sp³-hybridized carbons (Fsp3) is 0.100. The highest BCUT2D eigenvalue weighted by molar-refractivity contribution is 5.87. The molecule has 3 rings (SSSR count). The highest BCUT2D eigenvalue weighted by atomic mass is 16.5. The third kappa shape index (κ3) is 3.79. The van der Waals surface area contributed by atoms with Crippen LogP contribution in [0.15, 0.2) is 69.9 Å². The molecule has 120 valence electrons. The molecule has 0 unspecified atom stereocenters. The Kier molecular flexibility index (Phi) is 4.57. The van der Waals surface area contributed by atoms with Crippen LogP contribution in [0.3, 0.4) is 0 Å². The summed E-state index contributed by atoms with van der Waals surface area (Å²) in [4.78, 5) is 23.5. The van der Waals surface area contributed by atoms with Crippen LogP contribution >= 0.6 is 0 Å². The van der Waals surface area contributed by atoms with Gasteiger partial charge in [-0.05, 0) is 30.2 Å². The van der Waals surface area contributed by atoms with Crippen molar-refractivity contribution >= 4 is 23.0 Å². The van der Waals surface area contributed by atoms with Gasteiger partial charge in [-0.3, -0.25) is 0 Å². The number of benzene rings is 2. The van der Waals surface area contributed by atoms with Crippen molar-refractivity contribution < 1.29 is 13.9 Å². The highest BCUT2D eigenvalue weighted by Gasteiger charge is 2.08. The molecule has 1 aromatic heterocycles. The Labute approximate surface area is 139 Å². The minimum absolute atomic E-state index is 0.0170. The number of esters is 1. The minimum Gasteiger partial charge on any atom is -0.458 e. The zero-order valence-electron chi connectivity index (χ0n) is 13.2. The van der Waals surface area contributed by atoms with E-state index in [2.05, 4.69) is 0 Å². The van der Waals surface area contributed by atoms with E-state index in [-0.39, 0.29) is 6.61 Å². The Bertz CT molecular complexity index is 952. The second kappa shape index (κ2) is 6.96. The second-order valence-electron chi connectivity index (χ2n) is 5.44. The van der Waals surface area contributed by atoms with Gasteiger partial charge in [0.25, 0.3) is 0 Å². The van der Waals surface area contributed by atoms with E-state index >= 15 is 0 Å². The first-order chi connectivity index (χ1) is 11.6. The van der Waals surface area contributed by atoms with E-state index in [9.17, 15) is 9.59 Å². The van der Waals surface area contributed by atoms with E-state index in [1.165, 1.54) is 12.1 Å². The maximum Gasteiger partial charge on any atom is 0.336 e. The summed E-state index contributed by atoms with van der Waals surface area (Å²) < 4.78 is 10.4. The van der Waals surface area contributed by atoms with Crippen LogP contribution in [-0.4, -0.2) is 5.97 Å². The minimum atomic E-state index is -0.465. The lowest BCUT2D eigenvalue weighted by Gasteiger charge is -2.06. The molecule has 0 bridgehead atoms. The molecule has 0 N–H and O–H groups in total. The van der Waals surface area contributed by atoms with Crippen LogP contribution in [0.5, 0.6) is 0 Å². The number of hydrogen-bond donors (Lipinski definition) is 0. The molecule has 4 nitrogen and oxygen atoms in total. The molecule has 0 radical (unpaired) electrons. The average molecular weight is 320 g/mol. The first-order valence-electron chi connectivity index (χ1n) is 7.55. The molecule has 0 aliphatic heterocycles. The predicted octanol–water partition coefficient (Wildman–Crippen LogP) is 3.86. The predicted molar refractivity (Wildman–Crippen MR) is 92.5 cm³/mol. The van der Waals surface area contributed by atoms with E-state index in [0.717, 1.165) is 16.5 Å². The van der Waals surface area contributed by atoms with Gasteiger partial charge in [0.05, 0.1) is 0 Å². The molecule has 2 aromatic carbocycles. The van der Waals surface area contributed by atoms with Crippen molar-refractivity contribution in [3.05, 3.63) is 87.8 Å². The lowest BCUT2D eigenvalue weighted by Crippen LogP contribution is -2.05. The summed E-state index contributed by atoms with van der Waals surface area (Å²) in [6.07, 6.45) is 3.05. The number of fused-ring (bicyclic) bond motifs is 1. The smallest absolute Gasteiger partial charge is 0.336 e. The number of aryl methyl sites for hydroxylation is 1. The van der Waals surface area contributed by atoms with Gasteiger partial charge < -0.3 is 9.15 Å². The molecule has 0 aliphatic carbocycles. The number of carbonyl (C=O) groups excluding carboxylic acids is 1. The molecule has 0 spiro atoms. The van der Waals surface area contributed by atoms with Crippen LogP contribution < -0.4 is 5.63 Å². The molecule has 0 saturated heterocycles. The SMILES string of the molecule is Cc1ccc2c(COC(=O)/C=C/c3ccccc3)cc(=O)oc2c1. The maximum absolute atomic E-state index is 11.9. The normalized spacial score (nSPS) is 11.0. The van der Waals surface area contributed by atoms with E-state index < -0.39 is 11.6 Å². The summed E-state index contributed by atoms with van der Waals surface area (Å²) in [7, 11) is 0. The summed E-state index contributed by atoms with van der Waals surface area (Å²) >= 11 is 0. The van der Waals surface area contributed by atoms with Crippen molar-refractivity contribution in [2.75, 3.05) is 0 Å². The van der Waals surface area contributed by atoms with Crippen molar-refractivity contribution in [1.29, 1.82) is 0 Å². The van der Waals surface area contributed by atoms with Crippen LogP contribution in [0.25, 0.3) is 17.0 Å². The summed E-state index contributed by atoms with van der Waals surface area (Å²) in [5, 5.41) is 0.764. The first kappa shape index (κ1) is 15.7. The molecule has 0 saturated carbocycles. The fourth-order valence-corrected chi connectivity index (χ4v) is 2.38. The quantitative estimate of drug-likeness (QED) is 0.416. The van der Waals surface area contributed by atoms with Crippen LogP contribution in [-0.2, 0) is 16.1 Å². The lowest BCUT2D eigenvalue weighted by atomic mass is 10.1. The Hall–Kier alpha value is -3.14. The van der Waals surface area contributed by atoms with Gasteiger partial charge in [0.2, 0.25) is 0 Å². The summed E-state index contributed by atoms with van der Waals surface area (Å²) in [5.41, 5.74) is 2.57. The van der Waals surface area contributed by atoms with Gasteiger partial charge in [-0.25, -0.2) is 9.59 Å². The van der Waals surface area contributed by atoms with Crippen molar-refractivity contribution in [1.82, 2.24) is 0 Å². The highest BCUT2D eigenvalue weighted by Crippen LogP contribution is 2.19. The first-order valence-corrected chi connectivity index (χ1v) is 7.55. The number of hydrogen-bond acceptors (Lipinski definition) is 4. The van der Waals surface area contributed by atoms with Crippen LogP contribution in [0.4, 0.5) is 0 Å². The topological polar surface area (TPSA) is 56.5 Å². The Morgan fingerprint density at radius 2 is 1.92 bits per heavy atom. The van der Waals surface area contributed by atoms with Crippen molar-refractivity contribution in [3.63, 3.8) is 0 Å². The molecule has 0 amide bonds. The molecule has 0 aliphatic rings. The summed E-state index contributed by atoms with van der Waals surface area (Å²) in [6, 6.07) is 16.4. The average Bonchev–Trinajstić information content (AvgIpc) is 2.58. The monoisotopic (exact) mass is 320 g/mol. The van der Waals surface area contributed by atoms with Gasteiger partial charge in [-0.2, -0.15) is 0 Å². The molecular weight excluding hydrogens is 304 g/mol.